The molecule has 2 atom stereocenters. The third-order valence-electron chi connectivity index (χ3n) is 4.06. The third-order valence-corrected chi connectivity index (χ3v) is 4.06. The highest BCUT2D eigenvalue weighted by atomic mass is 19.1. The van der Waals surface area contributed by atoms with Crippen molar-refractivity contribution in [3.05, 3.63) is 29.8 Å². The molecule has 2 unspecified atom stereocenters. The number of likely N-dealkylation sites (tertiary alicyclic amines) is 1. The second kappa shape index (κ2) is 8.24. The first kappa shape index (κ1) is 17.7. The van der Waals surface area contributed by atoms with E-state index in [0.29, 0.717) is 13.0 Å². The fraction of sp³-hybridized carbons (Fsp3) is 0.588. The molecule has 6 heteroatoms. The van der Waals surface area contributed by atoms with E-state index in [-0.39, 0.29) is 24.3 Å². The molecule has 1 saturated heterocycles. The molecule has 4 nitrogen and oxygen atoms in total. The molecule has 0 aliphatic carbocycles. The minimum atomic E-state index is -0.825. The van der Waals surface area contributed by atoms with Crippen LogP contribution in [0.25, 0.3) is 0 Å². The molecule has 1 aliphatic rings. The molecule has 1 aromatic rings. The van der Waals surface area contributed by atoms with E-state index in [4.69, 9.17) is 4.74 Å². The summed E-state index contributed by atoms with van der Waals surface area (Å²) in [5.74, 6) is -1.89. The Morgan fingerprint density at radius 2 is 2.17 bits per heavy atom. The number of halogens is 2. The van der Waals surface area contributed by atoms with Gasteiger partial charge < -0.3 is 14.7 Å². The van der Waals surface area contributed by atoms with E-state index in [2.05, 4.69) is 0 Å². The van der Waals surface area contributed by atoms with Gasteiger partial charge in [0.05, 0.1) is 6.10 Å². The molecule has 0 bridgehead atoms. The molecule has 128 valence electrons. The molecule has 23 heavy (non-hydrogen) atoms. The second-order valence-electron chi connectivity index (χ2n) is 6.04. The van der Waals surface area contributed by atoms with Crippen LogP contribution in [0, 0.1) is 11.6 Å². The van der Waals surface area contributed by atoms with Gasteiger partial charge in [-0.3, -0.25) is 4.79 Å². The number of benzene rings is 1. The number of carbonyl (C=O) groups is 1. The fourth-order valence-electron chi connectivity index (χ4n) is 2.96. The summed E-state index contributed by atoms with van der Waals surface area (Å²) in [4.78, 5) is 14.1. The van der Waals surface area contributed by atoms with Crippen molar-refractivity contribution in [1.82, 2.24) is 4.90 Å². The van der Waals surface area contributed by atoms with Gasteiger partial charge in [-0.25, -0.2) is 8.78 Å². The highest BCUT2D eigenvalue weighted by molar-refractivity contribution is 5.78. The summed E-state index contributed by atoms with van der Waals surface area (Å²) in [6, 6.07) is 2.97. The van der Waals surface area contributed by atoms with E-state index >= 15 is 0 Å². The van der Waals surface area contributed by atoms with Crippen molar-refractivity contribution in [2.45, 2.75) is 51.2 Å². The monoisotopic (exact) mass is 327 g/mol. The summed E-state index contributed by atoms with van der Waals surface area (Å²) in [5.41, 5.74) is 0. The highest BCUT2D eigenvalue weighted by Gasteiger charge is 2.26. The lowest BCUT2D eigenvalue weighted by atomic mass is 10.0. The van der Waals surface area contributed by atoms with E-state index in [1.807, 2.05) is 0 Å². The van der Waals surface area contributed by atoms with Gasteiger partial charge in [0.25, 0.3) is 5.91 Å². The van der Waals surface area contributed by atoms with Crippen molar-refractivity contribution in [2.24, 2.45) is 0 Å². The van der Waals surface area contributed by atoms with Crippen molar-refractivity contribution < 1.29 is 23.4 Å². The Kier molecular flexibility index (Phi) is 6.33. The lowest BCUT2D eigenvalue weighted by Gasteiger charge is -2.31. The predicted octanol–water partition coefficient (Wildman–Crippen LogP) is 2.89. The number of ether oxygens (including phenoxy) is 1. The van der Waals surface area contributed by atoms with E-state index < -0.39 is 17.7 Å². The van der Waals surface area contributed by atoms with Gasteiger partial charge in [0.15, 0.2) is 18.2 Å². The number of amides is 1. The topological polar surface area (TPSA) is 49.8 Å². The molecular weight excluding hydrogens is 304 g/mol. The van der Waals surface area contributed by atoms with Crippen molar-refractivity contribution in [2.75, 3.05) is 13.2 Å². The van der Waals surface area contributed by atoms with Crippen LogP contribution in [0.15, 0.2) is 18.2 Å². The Morgan fingerprint density at radius 1 is 1.39 bits per heavy atom. The third kappa shape index (κ3) is 5.16. The molecule has 1 amide bonds. The predicted molar refractivity (Wildman–Crippen MR) is 82.1 cm³/mol. The molecule has 1 fully saturated rings. The van der Waals surface area contributed by atoms with Crippen LogP contribution in [0.1, 0.15) is 39.0 Å². The molecular formula is C17H23F2NO3. The van der Waals surface area contributed by atoms with Crippen LogP contribution in [-0.2, 0) is 4.79 Å². The van der Waals surface area contributed by atoms with Gasteiger partial charge in [-0.2, -0.15) is 0 Å². The molecule has 1 N–H and O–H groups in total. The number of nitrogens with zero attached hydrogens (tertiary/aromatic N) is 1. The zero-order chi connectivity index (χ0) is 16.8. The van der Waals surface area contributed by atoms with E-state index in [1.54, 1.807) is 11.8 Å². The van der Waals surface area contributed by atoms with Crippen LogP contribution in [0.2, 0.25) is 0 Å². The van der Waals surface area contributed by atoms with Crippen LogP contribution in [0.5, 0.6) is 5.75 Å². The minimum Gasteiger partial charge on any atom is -0.481 e. The molecule has 1 heterocycles. The molecule has 0 saturated carbocycles. The number of carbonyl (C=O) groups excluding carboxylic acids is 1. The van der Waals surface area contributed by atoms with Gasteiger partial charge in [0.2, 0.25) is 0 Å². The first-order valence-corrected chi connectivity index (χ1v) is 8.02. The van der Waals surface area contributed by atoms with Gasteiger partial charge in [-0.05, 0) is 38.3 Å². The van der Waals surface area contributed by atoms with Gasteiger partial charge in [-0.1, -0.05) is 12.8 Å². The molecule has 2 rings (SSSR count). The maximum atomic E-state index is 13.5. The number of hydrogen-bond acceptors (Lipinski definition) is 3. The molecule has 1 aliphatic heterocycles. The summed E-state index contributed by atoms with van der Waals surface area (Å²) in [5, 5.41) is 9.61. The molecule has 0 radical (unpaired) electrons. The number of hydrogen-bond donors (Lipinski definition) is 1. The van der Waals surface area contributed by atoms with Crippen LogP contribution in [0.4, 0.5) is 8.78 Å². The summed E-state index contributed by atoms with van der Waals surface area (Å²) in [6.45, 7) is 2.03. The first-order chi connectivity index (χ1) is 11.0. The summed E-state index contributed by atoms with van der Waals surface area (Å²) >= 11 is 0. The smallest absolute Gasteiger partial charge is 0.260 e. The van der Waals surface area contributed by atoms with E-state index in [9.17, 15) is 18.7 Å². The van der Waals surface area contributed by atoms with Crippen molar-refractivity contribution in [1.29, 1.82) is 0 Å². The first-order valence-electron chi connectivity index (χ1n) is 8.02. The Hall–Kier alpha value is -1.69. The quantitative estimate of drug-likeness (QED) is 0.905. The Balaban J connectivity index is 1.98. The molecule has 1 aromatic carbocycles. The number of aliphatic hydroxyl groups excluding tert-OH is 1. The van der Waals surface area contributed by atoms with Crippen LogP contribution >= 0.6 is 0 Å². The van der Waals surface area contributed by atoms with Gasteiger partial charge >= 0.3 is 0 Å². The number of rotatable bonds is 5. The van der Waals surface area contributed by atoms with E-state index in [0.717, 1.165) is 37.8 Å². The van der Waals surface area contributed by atoms with Crippen molar-refractivity contribution in [3.63, 3.8) is 0 Å². The summed E-state index contributed by atoms with van der Waals surface area (Å²) < 4.78 is 31.6. The van der Waals surface area contributed by atoms with Gasteiger partial charge in [0, 0.05) is 18.7 Å². The maximum absolute atomic E-state index is 13.5. The summed E-state index contributed by atoms with van der Waals surface area (Å²) in [6.07, 6.45) is 3.87. The Morgan fingerprint density at radius 3 is 2.87 bits per heavy atom. The summed E-state index contributed by atoms with van der Waals surface area (Å²) in [7, 11) is 0. The number of aliphatic hydroxyl groups is 1. The van der Waals surface area contributed by atoms with Gasteiger partial charge in [0.1, 0.15) is 5.82 Å². The second-order valence-corrected chi connectivity index (χ2v) is 6.04. The van der Waals surface area contributed by atoms with Crippen LogP contribution in [0.3, 0.4) is 0 Å². The SMILES string of the molecule is CC(O)CC1CCCCCN1C(=O)COc1ccc(F)cc1F. The lowest BCUT2D eigenvalue weighted by Crippen LogP contribution is -2.43. The average Bonchev–Trinajstić information content (AvgIpc) is 2.71. The molecule has 0 aromatic heterocycles. The highest BCUT2D eigenvalue weighted by Crippen LogP contribution is 2.22. The Bertz CT molecular complexity index is 537. The van der Waals surface area contributed by atoms with Crippen LogP contribution in [-0.4, -0.2) is 41.2 Å². The minimum absolute atomic E-state index is 0.0216. The van der Waals surface area contributed by atoms with Crippen molar-refractivity contribution >= 4 is 5.91 Å². The average molecular weight is 327 g/mol. The van der Waals surface area contributed by atoms with Gasteiger partial charge in [-0.15, -0.1) is 0 Å². The molecule has 0 spiro atoms. The Labute approximate surface area is 135 Å². The maximum Gasteiger partial charge on any atom is 0.260 e. The fourth-order valence-corrected chi connectivity index (χ4v) is 2.96. The lowest BCUT2D eigenvalue weighted by molar-refractivity contribution is -0.136. The van der Waals surface area contributed by atoms with E-state index in [1.165, 1.54) is 6.07 Å². The van der Waals surface area contributed by atoms with Crippen LogP contribution < -0.4 is 4.74 Å². The normalized spacial score (nSPS) is 20.0. The zero-order valence-corrected chi connectivity index (χ0v) is 13.3. The zero-order valence-electron chi connectivity index (χ0n) is 13.3. The standard InChI is InChI=1S/C17H23F2NO3/c1-12(21)9-14-5-3-2-4-8-20(14)17(22)11-23-16-7-6-13(18)10-15(16)19/h6-7,10,12,14,21H,2-5,8-9,11H2,1H3. The van der Waals surface area contributed by atoms with Crippen molar-refractivity contribution in [3.8, 4) is 5.75 Å². The largest absolute Gasteiger partial charge is 0.481 e.